The molecule has 0 spiro atoms. The molecule has 2 aliphatic heterocycles. The van der Waals surface area contributed by atoms with Crippen LogP contribution in [0.3, 0.4) is 0 Å². The molecule has 3 N–H and O–H groups in total. The van der Waals surface area contributed by atoms with Gasteiger partial charge in [-0.05, 0) is 5.56 Å². The highest BCUT2D eigenvalue weighted by Crippen LogP contribution is 2.40. The number of benzene rings is 1. The fourth-order valence-corrected chi connectivity index (χ4v) is 4.51. The molecule has 3 rings (SSSR count). The SMILES string of the molecule is CC(=O)OCOC(=O)C1=C(COC(N)=O)CS[C@@H]2C(NC(=O)Cc3ccccc3)C(=O)N12. The molecule has 2 atom stereocenters. The third-order valence-corrected chi connectivity index (χ3v) is 5.95. The number of nitrogens with one attached hydrogen (secondary N) is 1. The van der Waals surface area contributed by atoms with Gasteiger partial charge < -0.3 is 25.3 Å². The van der Waals surface area contributed by atoms with Crippen molar-refractivity contribution in [3.05, 3.63) is 47.2 Å². The number of nitrogens with two attached hydrogens (primary N) is 1. The largest absolute Gasteiger partial charge is 0.445 e. The number of carbonyl (C=O) groups is 5. The molecule has 2 aliphatic rings. The number of thioether (sulfide) groups is 1. The summed E-state index contributed by atoms with van der Waals surface area (Å²) in [4.78, 5) is 60.8. The predicted molar refractivity (Wildman–Crippen MR) is 110 cm³/mol. The Morgan fingerprint density at radius 2 is 1.88 bits per heavy atom. The van der Waals surface area contributed by atoms with Gasteiger partial charge in [-0.15, -0.1) is 11.8 Å². The summed E-state index contributed by atoms with van der Waals surface area (Å²) >= 11 is 1.29. The van der Waals surface area contributed by atoms with Crippen LogP contribution in [0.5, 0.6) is 0 Å². The maximum Gasteiger partial charge on any atom is 0.404 e. The highest BCUT2D eigenvalue weighted by molar-refractivity contribution is 8.00. The van der Waals surface area contributed by atoms with Crippen LogP contribution in [-0.2, 0) is 39.8 Å². The summed E-state index contributed by atoms with van der Waals surface area (Å²) in [5.41, 5.74) is 5.97. The second-order valence-electron chi connectivity index (χ2n) is 6.86. The maximum atomic E-state index is 12.8. The lowest BCUT2D eigenvalue weighted by molar-refractivity contribution is -0.166. The van der Waals surface area contributed by atoms with Gasteiger partial charge in [0.25, 0.3) is 5.91 Å². The van der Waals surface area contributed by atoms with E-state index in [4.69, 9.17) is 15.2 Å². The summed E-state index contributed by atoms with van der Waals surface area (Å²) < 4.78 is 14.3. The minimum Gasteiger partial charge on any atom is -0.445 e. The summed E-state index contributed by atoms with van der Waals surface area (Å²) in [7, 11) is 0. The first kappa shape index (κ1) is 23.1. The van der Waals surface area contributed by atoms with E-state index in [9.17, 15) is 24.0 Å². The van der Waals surface area contributed by atoms with Crippen LogP contribution in [0.4, 0.5) is 4.79 Å². The molecule has 0 bridgehead atoms. The molecule has 170 valence electrons. The van der Waals surface area contributed by atoms with Crippen LogP contribution < -0.4 is 11.1 Å². The third kappa shape index (κ3) is 5.38. The van der Waals surface area contributed by atoms with Crippen molar-refractivity contribution in [3.8, 4) is 0 Å². The Bertz CT molecular complexity index is 965. The van der Waals surface area contributed by atoms with Crippen molar-refractivity contribution in [1.82, 2.24) is 10.2 Å². The molecule has 1 saturated heterocycles. The lowest BCUT2D eigenvalue weighted by Crippen LogP contribution is -2.70. The zero-order chi connectivity index (χ0) is 23.3. The second kappa shape index (κ2) is 10.2. The van der Waals surface area contributed by atoms with Crippen molar-refractivity contribution in [2.45, 2.75) is 24.8 Å². The number of ether oxygens (including phenoxy) is 3. The highest BCUT2D eigenvalue weighted by atomic mass is 32.2. The fourth-order valence-electron chi connectivity index (χ4n) is 3.18. The van der Waals surface area contributed by atoms with Gasteiger partial charge in [-0.2, -0.15) is 0 Å². The third-order valence-electron chi connectivity index (χ3n) is 4.61. The van der Waals surface area contributed by atoms with Crippen molar-refractivity contribution in [3.63, 3.8) is 0 Å². The molecule has 0 aromatic heterocycles. The van der Waals surface area contributed by atoms with E-state index in [0.29, 0.717) is 5.57 Å². The molecular formula is C20H21N3O8S. The van der Waals surface area contributed by atoms with Crippen LogP contribution in [0, 0.1) is 0 Å². The van der Waals surface area contributed by atoms with Crippen LogP contribution in [0.1, 0.15) is 12.5 Å². The highest BCUT2D eigenvalue weighted by Gasteiger charge is 2.54. The Balaban J connectivity index is 1.71. The van der Waals surface area contributed by atoms with Crippen molar-refractivity contribution >= 4 is 41.6 Å². The number of hydrogen-bond acceptors (Lipinski definition) is 9. The lowest BCUT2D eigenvalue weighted by atomic mass is 10.0. The van der Waals surface area contributed by atoms with E-state index in [1.54, 1.807) is 12.1 Å². The van der Waals surface area contributed by atoms with E-state index < -0.39 is 42.1 Å². The minimum atomic E-state index is -1.04. The number of fused-ring (bicyclic) bond motifs is 1. The van der Waals surface area contributed by atoms with Gasteiger partial charge in [-0.25, -0.2) is 9.59 Å². The van der Waals surface area contributed by atoms with Crippen LogP contribution >= 0.6 is 11.8 Å². The molecule has 3 amide bonds. The number of nitrogens with zero attached hydrogens (tertiary/aromatic N) is 1. The Morgan fingerprint density at radius 3 is 2.53 bits per heavy atom. The van der Waals surface area contributed by atoms with Gasteiger partial charge in [0, 0.05) is 18.2 Å². The molecule has 1 unspecified atom stereocenters. The molecule has 2 heterocycles. The zero-order valence-corrected chi connectivity index (χ0v) is 17.9. The van der Waals surface area contributed by atoms with Crippen molar-refractivity contribution in [2.24, 2.45) is 5.73 Å². The number of hydrogen-bond donors (Lipinski definition) is 2. The Labute approximate surface area is 187 Å². The molecule has 0 saturated carbocycles. The molecule has 0 aliphatic carbocycles. The number of β-lactam (4-membered cyclic amide) rings is 1. The van der Waals surface area contributed by atoms with E-state index in [-0.39, 0.29) is 30.4 Å². The molecule has 12 heteroatoms. The molecule has 1 aromatic carbocycles. The van der Waals surface area contributed by atoms with Crippen molar-refractivity contribution in [2.75, 3.05) is 19.2 Å². The maximum absolute atomic E-state index is 12.8. The van der Waals surface area contributed by atoms with E-state index in [2.05, 4.69) is 10.1 Å². The van der Waals surface area contributed by atoms with Gasteiger partial charge in [0.05, 0.1) is 6.42 Å². The summed E-state index contributed by atoms with van der Waals surface area (Å²) in [6, 6.07) is 8.23. The second-order valence-corrected chi connectivity index (χ2v) is 7.97. The van der Waals surface area contributed by atoms with Crippen molar-refractivity contribution < 1.29 is 38.2 Å². The summed E-state index contributed by atoms with van der Waals surface area (Å²) in [6.45, 7) is 0.189. The van der Waals surface area contributed by atoms with Gasteiger partial charge in [0.2, 0.25) is 12.7 Å². The number of rotatable bonds is 8. The zero-order valence-electron chi connectivity index (χ0n) is 17.1. The van der Waals surface area contributed by atoms with Crippen LogP contribution in [0.15, 0.2) is 41.6 Å². The lowest BCUT2D eigenvalue weighted by Gasteiger charge is -2.49. The average molecular weight is 463 g/mol. The van der Waals surface area contributed by atoms with Crippen LogP contribution in [0.25, 0.3) is 0 Å². The standard InChI is InChI=1S/C20H21N3O8S/c1-11(24)30-10-31-19(27)16-13(8-29-20(21)28)9-32-18-15(17(26)23(16)18)22-14(25)7-12-5-3-2-4-6-12/h2-6,15,18H,7-10H2,1H3,(H2,21,28)(H,22,25)/t15?,18-/m1/s1. The van der Waals surface area contributed by atoms with Gasteiger partial charge >= 0.3 is 18.0 Å². The number of primary amides is 1. The summed E-state index contributed by atoms with van der Waals surface area (Å²) in [5, 5.41) is 2.15. The van der Waals surface area contributed by atoms with Gasteiger partial charge in [-0.3, -0.25) is 19.3 Å². The number of esters is 2. The van der Waals surface area contributed by atoms with Crippen LogP contribution in [0.2, 0.25) is 0 Å². The average Bonchev–Trinajstić information content (AvgIpc) is 2.75. The Morgan fingerprint density at radius 1 is 1.16 bits per heavy atom. The van der Waals surface area contributed by atoms with E-state index >= 15 is 0 Å². The van der Waals surface area contributed by atoms with E-state index in [1.807, 2.05) is 18.2 Å². The molecule has 11 nitrogen and oxygen atoms in total. The Kier molecular flexibility index (Phi) is 7.36. The van der Waals surface area contributed by atoms with Gasteiger partial charge in [0.15, 0.2) is 0 Å². The number of carbonyl (C=O) groups excluding carboxylic acids is 5. The summed E-state index contributed by atoms with van der Waals surface area (Å²) in [5.74, 6) is -2.20. The first-order chi connectivity index (χ1) is 15.3. The first-order valence-corrected chi connectivity index (χ1v) is 10.6. The molecule has 0 radical (unpaired) electrons. The quantitative estimate of drug-likeness (QED) is 0.309. The minimum absolute atomic E-state index is 0.104. The van der Waals surface area contributed by atoms with Crippen LogP contribution in [-0.4, -0.2) is 65.3 Å². The van der Waals surface area contributed by atoms with E-state index in [1.165, 1.54) is 16.7 Å². The first-order valence-electron chi connectivity index (χ1n) is 9.50. The van der Waals surface area contributed by atoms with Crippen molar-refractivity contribution in [1.29, 1.82) is 0 Å². The van der Waals surface area contributed by atoms with Gasteiger partial charge in [-0.1, -0.05) is 30.3 Å². The summed E-state index contributed by atoms with van der Waals surface area (Å²) in [6.07, 6.45) is -0.939. The fraction of sp³-hybridized carbons (Fsp3) is 0.350. The number of amides is 3. The normalized spacial score (nSPS) is 19.4. The monoisotopic (exact) mass is 463 g/mol. The van der Waals surface area contributed by atoms with Gasteiger partial charge in [0.1, 0.15) is 23.7 Å². The molecule has 32 heavy (non-hydrogen) atoms. The van der Waals surface area contributed by atoms with E-state index in [0.717, 1.165) is 12.5 Å². The smallest absolute Gasteiger partial charge is 0.404 e. The topological polar surface area (TPSA) is 154 Å². The predicted octanol–water partition coefficient (Wildman–Crippen LogP) is 0.0422. The molecular weight excluding hydrogens is 442 g/mol. The molecule has 1 aromatic rings. The Hall–Kier alpha value is -3.54. The molecule has 1 fully saturated rings.